The number of hydrogen-bond donors (Lipinski definition) is 0. The van der Waals surface area contributed by atoms with Gasteiger partial charge in [0, 0.05) is 27.7 Å². The predicted molar refractivity (Wildman–Crippen MR) is 85.5 cm³/mol. The second-order valence-electron chi connectivity index (χ2n) is 5.47. The summed E-state index contributed by atoms with van der Waals surface area (Å²) in [6.45, 7) is 4.66. The molecule has 0 aromatic carbocycles. The average Bonchev–Trinajstić information content (AvgIpc) is 2.57. The number of carbonyl (C=O) groups excluding carboxylic acids is 4. The summed E-state index contributed by atoms with van der Waals surface area (Å²) in [7, 11) is 0. The molecule has 1 rings (SSSR count). The van der Waals surface area contributed by atoms with E-state index in [4.69, 9.17) is 23.7 Å². The highest BCUT2D eigenvalue weighted by Crippen LogP contribution is 2.30. The fourth-order valence-corrected chi connectivity index (χ4v) is 2.93. The van der Waals surface area contributed by atoms with Crippen molar-refractivity contribution in [1.82, 2.24) is 0 Å². The first-order valence-electron chi connectivity index (χ1n) is 7.52. The van der Waals surface area contributed by atoms with E-state index in [9.17, 15) is 19.2 Å². The van der Waals surface area contributed by atoms with Gasteiger partial charge in [-0.1, -0.05) is 15.9 Å². The van der Waals surface area contributed by atoms with E-state index in [0.29, 0.717) is 0 Å². The Bertz CT molecular complexity index is 521. The van der Waals surface area contributed by atoms with Crippen LogP contribution in [0.4, 0.5) is 0 Å². The summed E-state index contributed by atoms with van der Waals surface area (Å²) < 4.78 is 26.3. The molecule has 25 heavy (non-hydrogen) atoms. The average molecular weight is 425 g/mol. The van der Waals surface area contributed by atoms with Crippen LogP contribution in [-0.4, -0.2) is 60.4 Å². The Hall–Kier alpha value is -1.68. The lowest BCUT2D eigenvalue weighted by Crippen LogP contribution is -2.50. The molecular weight excluding hydrogens is 404 g/mol. The maximum atomic E-state index is 11.5. The maximum Gasteiger partial charge on any atom is 0.303 e. The SMILES string of the molecule is CC(=O)OCC1CO[C@H](Br)C(OC(C)=O)C(OC(C)=O)[C@@H]1OC(C)=O. The second kappa shape index (κ2) is 9.71. The quantitative estimate of drug-likeness (QED) is 0.357. The first-order chi connectivity index (χ1) is 11.6. The van der Waals surface area contributed by atoms with E-state index in [1.54, 1.807) is 0 Å². The number of ether oxygens (including phenoxy) is 5. The summed E-state index contributed by atoms with van der Waals surface area (Å²) in [6.07, 6.45) is -3.24. The van der Waals surface area contributed by atoms with Crippen LogP contribution >= 0.6 is 15.9 Å². The highest BCUT2D eigenvalue weighted by Gasteiger charge is 2.48. The van der Waals surface area contributed by atoms with Crippen LogP contribution in [0.1, 0.15) is 27.7 Å². The van der Waals surface area contributed by atoms with Crippen LogP contribution < -0.4 is 0 Å². The molecule has 0 aliphatic carbocycles. The van der Waals surface area contributed by atoms with Gasteiger partial charge in [0.05, 0.1) is 19.1 Å². The third-order valence-corrected chi connectivity index (χ3v) is 4.03. The molecule has 1 aliphatic rings. The van der Waals surface area contributed by atoms with Crippen molar-refractivity contribution in [3.05, 3.63) is 0 Å². The smallest absolute Gasteiger partial charge is 0.303 e. The Morgan fingerprint density at radius 1 is 0.840 bits per heavy atom. The Balaban J connectivity index is 3.20. The minimum absolute atomic E-state index is 0.0106. The lowest BCUT2D eigenvalue weighted by Gasteiger charge is -2.33. The van der Waals surface area contributed by atoms with E-state index in [-0.39, 0.29) is 13.2 Å². The molecule has 1 heterocycles. The standard InChI is InChI=1S/C15H21BrO9/c1-7(17)21-5-11-6-22-15(16)14(25-10(4)20)13(24-9(3)19)12(11)23-8(2)18/h11-15H,5-6H2,1-4H3/t11?,12-,13?,14?,15+/m1/s1. The number of carbonyl (C=O) groups is 4. The highest BCUT2D eigenvalue weighted by atomic mass is 79.9. The van der Waals surface area contributed by atoms with Gasteiger partial charge in [-0.3, -0.25) is 19.2 Å². The van der Waals surface area contributed by atoms with E-state index < -0.39 is 53.1 Å². The zero-order valence-corrected chi connectivity index (χ0v) is 15.9. The van der Waals surface area contributed by atoms with Gasteiger partial charge in [0.15, 0.2) is 23.3 Å². The van der Waals surface area contributed by atoms with Crippen LogP contribution in [0.25, 0.3) is 0 Å². The summed E-state index contributed by atoms with van der Waals surface area (Å²) in [5.41, 5.74) is 0. The molecular formula is C15H21BrO9. The number of rotatable bonds is 5. The van der Waals surface area contributed by atoms with E-state index in [2.05, 4.69) is 15.9 Å². The number of halogens is 1. The second-order valence-corrected chi connectivity index (χ2v) is 6.37. The van der Waals surface area contributed by atoms with Crippen LogP contribution in [0.3, 0.4) is 0 Å². The monoisotopic (exact) mass is 424 g/mol. The molecule has 1 aliphatic heterocycles. The number of hydrogen-bond acceptors (Lipinski definition) is 9. The van der Waals surface area contributed by atoms with Crippen molar-refractivity contribution in [1.29, 1.82) is 0 Å². The van der Waals surface area contributed by atoms with Gasteiger partial charge in [0.2, 0.25) is 0 Å². The third-order valence-electron chi connectivity index (χ3n) is 3.25. The van der Waals surface area contributed by atoms with Crippen LogP contribution in [-0.2, 0) is 42.9 Å². The van der Waals surface area contributed by atoms with Gasteiger partial charge < -0.3 is 23.7 Å². The number of esters is 4. The molecule has 0 radical (unpaired) electrons. The molecule has 3 unspecified atom stereocenters. The minimum atomic E-state index is -1.14. The van der Waals surface area contributed by atoms with E-state index in [1.807, 2.05) is 0 Å². The van der Waals surface area contributed by atoms with E-state index >= 15 is 0 Å². The molecule has 0 bridgehead atoms. The fraction of sp³-hybridized carbons (Fsp3) is 0.733. The van der Waals surface area contributed by atoms with Crippen LogP contribution in [0.5, 0.6) is 0 Å². The van der Waals surface area contributed by atoms with Crippen molar-refractivity contribution in [2.75, 3.05) is 13.2 Å². The van der Waals surface area contributed by atoms with Crippen molar-refractivity contribution < 1.29 is 42.9 Å². The van der Waals surface area contributed by atoms with Crippen LogP contribution in [0.2, 0.25) is 0 Å². The van der Waals surface area contributed by atoms with Crippen molar-refractivity contribution in [3.63, 3.8) is 0 Å². The molecule has 0 saturated carbocycles. The topological polar surface area (TPSA) is 114 Å². The van der Waals surface area contributed by atoms with Gasteiger partial charge in [0.25, 0.3) is 0 Å². The molecule has 10 heteroatoms. The summed E-state index contributed by atoms with van der Waals surface area (Å²) in [6, 6.07) is 0. The molecule has 0 aromatic rings. The van der Waals surface area contributed by atoms with Gasteiger partial charge in [-0.2, -0.15) is 0 Å². The molecule has 5 atom stereocenters. The minimum Gasteiger partial charge on any atom is -0.465 e. The van der Waals surface area contributed by atoms with E-state index in [0.717, 1.165) is 0 Å². The predicted octanol–water partition coefficient (Wildman–Crippen LogP) is 0.712. The normalized spacial score (nSPS) is 29.1. The molecule has 0 spiro atoms. The summed E-state index contributed by atoms with van der Waals surface area (Å²) in [5, 5.41) is -0.818. The summed E-state index contributed by atoms with van der Waals surface area (Å²) in [5.74, 6) is -3.08. The molecule has 9 nitrogen and oxygen atoms in total. The molecule has 1 fully saturated rings. The largest absolute Gasteiger partial charge is 0.465 e. The van der Waals surface area contributed by atoms with Crippen molar-refractivity contribution in [2.24, 2.45) is 5.92 Å². The fourth-order valence-electron chi connectivity index (χ4n) is 2.37. The Morgan fingerprint density at radius 3 is 1.80 bits per heavy atom. The van der Waals surface area contributed by atoms with Crippen LogP contribution in [0, 0.1) is 5.92 Å². The Morgan fingerprint density at radius 2 is 1.32 bits per heavy atom. The molecule has 142 valence electrons. The first kappa shape index (κ1) is 21.4. The maximum absolute atomic E-state index is 11.5. The number of alkyl halides is 1. The van der Waals surface area contributed by atoms with Crippen molar-refractivity contribution >= 4 is 39.8 Å². The Kier molecular flexibility index (Phi) is 8.30. The molecule has 0 amide bonds. The van der Waals surface area contributed by atoms with Gasteiger partial charge >= 0.3 is 23.9 Å². The van der Waals surface area contributed by atoms with E-state index in [1.165, 1.54) is 27.7 Å². The van der Waals surface area contributed by atoms with Crippen LogP contribution in [0.15, 0.2) is 0 Å². The molecule has 0 N–H and O–H groups in total. The van der Waals surface area contributed by atoms with Crippen molar-refractivity contribution in [3.8, 4) is 0 Å². The third kappa shape index (κ3) is 6.99. The van der Waals surface area contributed by atoms with Gasteiger partial charge in [-0.25, -0.2) is 0 Å². The van der Waals surface area contributed by atoms with Gasteiger partial charge in [0.1, 0.15) is 0 Å². The first-order valence-corrected chi connectivity index (χ1v) is 8.44. The lowest BCUT2D eigenvalue weighted by molar-refractivity contribution is -0.187. The highest BCUT2D eigenvalue weighted by molar-refractivity contribution is 9.09. The van der Waals surface area contributed by atoms with Crippen molar-refractivity contribution in [2.45, 2.75) is 51.0 Å². The molecule has 1 saturated heterocycles. The molecule has 0 aromatic heterocycles. The lowest BCUT2D eigenvalue weighted by atomic mass is 9.96. The van der Waals surface area contributed by atoms with Gasteiger partial charge in [-0.15, -0.1) is 0 Å². The summed E-state index contributed by atoms with van der Waals surface area (Å²) >= 11 is 3.23. The summed E-state index contributed by atoms with van der Waals surface area (Å²) in [4.78, 5) is 45.6. The van der Waals surface area contributed by atoms with Gasteiger partial charge in [-0.05, 0) is 0 Å². The Labute approximate surface area is 153 Å². The zero-order chi connectivity index (χ0) is 19.1. The zero-order valence-electron chi connectivity index (χ0n) is 14.4.